The van der Waals surface area contributed by atoms with Crippen molar-refractivity contribution in [1.29, 1.82) is 0 Å². The minimum atomic E-state index is -0.796. The summed E-state index contributed by atoms with van der Waals surface area (Å²) in [5, 5.41) is 0. The molecule has 0 N–H and O–H groups in total. The van der Waals surface area contributed by atoms with Crippen LogP contribution < -0.4 is 0 Å². The van der Waals surface area contributed by atoms with Crippen molar-refractivity contribution in [2.24, 2.45) is 0 Å². The number of methoxy groups -OCH3 is 1. The Hall–Kier alpha value is -0.353. The molecule has 0 aliphatic heterocycles. The molecule has 0 saturated heterocycles. The van der Waals surface area contributed by atoms with Crippen molar-refractivity contribution in [3.05, 3.63) is 35.9 Å². The fourth-order valence-corrected chi connectivity index (χ4v) is 3.98. The van der Waals surface area contributed by atoms with E-state index in [9.17, 15) is 0 Å². The van der Waals surface area contributed by atoms with Crippen LogP contribution in [0.1, 0.15) is 12.0 Å². The molecule has 1 radical (unpaired) electrons. The first-order valence-corrected chi connectivity index (χ1v) is 8.29. The van der Waals surface area contributed by atoms with Crippen molar-refractivity contribution in [2.45, 2.75) is 18.5 Å². The average Bonchev–Trinajstić information content (AvgIpc) is 2.37. The molecule has 4 heteroatoms. The zero-order valence-electron chi connectivity index (χ0n) is 10.3. The highest BCUT2D eigenvalue weighted by atomic mass is 35.5. The van der Waals surface area contributed by atoms with Gasteiger partial charge in [0.1, 0.15) is 0 Å². The summed E-state index contributed by atoms with van der Waals surface area (Å²) in [6.45, 7) is 1.36. The summed E-state index contributed by atoms with van der Waals surface area (Å²) in [6, 6.07) is 12.7. The molecule has 95 valence electrons. The fraction of sp³-hybridized carbons (Fsp3) is 0.538. The van der Waals surface area contributed by atoms with Gasteiger partial charge in [0.05, 0.1) is 13.2 Å². The Labute approximate surface area is 111 Å². The van der Waals surface area contributed by atoms with Crippen LogP contribution in [0, 0.1) is 0 Å². The third-order valence-electron chi connectivity index (χ3n) is 2.43. The van der Waals surface area contributed by atoms with Crippen LogP contribution in [-0.4, -0.2) is 35.2 Å². The molecule has 2 nitrogen and oxygen atoms in total. The lowest BCUT2D eigenvalue weighted by molar-refractivity contribution is 0.145. The van der Waals surface area contributed by atoms with Gasteiger partial charge < -0.3 is 9.16 Å². The number of rotatable bonds is 9. The van der Waals surface area contributed by atoms with Crippen LogP contribution in [-0.2, 0) is 15.2 Å². The van der Waals surface area contributed by atoms with Gasteiger partial charge in [-0.1, -0.05) is 30.3 Å². The molecule has 0 spiro atoms. The second-order valence-electron chi connectivity index (χ2n) is 3.83. The molecule has 0 saturated carbocycles. The van der Waals surface area contributed by atoms with E-state index >= 15 is 0 Å². The van der Waals surface area contributed by atoms with Crippen LogP contribution in [0.5, 0.6) is 0 Å². The van der Waals surface area contributed by atoms with Crippen LogP contribution in [0.2, 0.25) is 6.04 Å². The van der Waals surface area contributed by atoms with E-state index in [1.807, 2.05) is 6.07 Å². The van der Waals surface area contributed by atoms with Gasteiger partial charge in [0.15, 0.2) is 0 Å². The molecular formula is C13H20ClO2Si. The van der Waals surface area contributed by atoms with E-state index in [1.54, 1.807) is 7.11 Å². The van der Waals surface area contributed by atoms with Crippen LogP contribution in [0.3, 0.4) is 0 Å². The summed E-state index contributed by atoms with van der Waals surface area (Å²) in [5.41, 5.74) is 1.35. The Morgan fingerprint density at radius 2 is 1.94 bits per heavy atom. The van der Waals surface area contributed by atoms with Gasteiger partial charge in [-0.15, -0.1) is 11.6 Å². The van der Waals surface area contributed by atoms with E-state index in [1.165, 1.54) is 5.56 Å². The number of hydrogen-bond donors (Lipinski definition) is 0. The third kappa shape index (κ3) is 6.84. The van der Waals surface area contributed by atoms with Gasteiger partial charge in [-0.3, -0.25) is 0 Å². The molecule has 0 fully saturated rings. The average molecular weight is 272 g/mol. The summed E-state index contributed by atoms with van der Waals surface area (Å²) in [5.74, 6) is 0.719. The molecule has 1 aromatic carbocycles. The van der Waals surface area contributed by atoms with E-state index in [0.29, 0.717) is 13.2 Å². The first kappa shape index (κ1) is 14.7. The second kappa shape index (κ2) is 9.65. The Bertz CT molecular complexity index is 282. The molecule has 0 aliphatic rings. The first-order valence-electron chi connectivity index (χ1n) is 5.93. The van der Waals surface area contributed by atoms with Gasteiger partial charge in [0, 0.05) is 13.0 Å². The van der Waals surface area contributed by atoms with Gasteiger partial charge in [-0.2, -0.15) is 0 Å². The SMILES string of the molecule is COCCO[Si](CCCCl)Cc1ccccc1. The Morgan fingerprint density at radius 1 is 1.18 bits per heavy atom. The molecule has 0 unspecified atom stereocenters. The molecule has 1 aromatic rings. The van der Waals surface area contributed by atoms with Crippen LogP contribution in [0.25, 0.3) is 0 Å². The lowest BCUT2D eigenvalue weighted by Crippen LogP contribution is -2.24. The molecule has 0 atom stereocenters. The highest BCUT2D eigenvalue weighted by Crippen LogP contribution is 2.09. The van der Waals surface area contributed by atoms with Crippen LogP contribution in [0.4, 0.5) is 0 Å². The van der Waals surface area contributed by atoms with E-state index in [2.05, 4.69) is 24.3 Å². The predicted octanol–water partition coefficient (Wildman–Crippen LogP) is 3.05. The minimum Gasteiger partial charge on any atom is -0.414 e. The molecule has 17 heavy (non-hydrogen) atoms. The van der Waals surface area contributed by atoms with Crippen LogP contribution in [0.15, 0.2) is 30.3 Å². The maximum atomic E-state index is 5.91. The quantitative estimate of drug-likeness (QED) is 0.390. The van der Waals surface area contributed by atoms with E-state index in [4.69, 9.17) is 20.8 Å². The highest BCUT2D eigenvalue weighted by molar-refractivity contribution is 6.51. The van der Waals surface area contributed by atoms with Crippen molar-refractivity contribution >= 4 is 20.6 Å². The van der Waals surface area contributed by atoms with Crippen molar-refractivity contribution in [3.63, 3.8) is 0 Å². The smallest absolute Gasteiger partial charge is 0.216 e. The molecule has 0 bridgehead atoms. The first-order chi connectivity index (χ1) is 8.36. The molecule has 0 amide bonds. The normalized spacial score (nSPS) is 11.0. The largest absolute Gasteiger partial charge is 0.414 e. The van der Waals surface area contributed by atoms with Crippen molar-refractivity contribution < 1.29 is 9.16 Å². The molecule has 0 heterocycles. The summed E-state index contributed by atoms with van der Waals surface area (Å²) in [7, 11) is 0.904. The zero-order valence-corrected chi connectivity index (χ0v) is 12.1. The Kier molecular flexibility index (Phi) is 8.35. The number of hydrogen-bond acceptors (Lipinski definition) is 2. The molecule has 0 aliphatic carbocycles. The van der Waals surface area contributed by atoms with Gasteiger partial charge in [0.25, 0.3) is 0 Å². The Morgan fingerprint density at radius 3 is 2.59 bits per heavy atom. The maximum Gasteiger partial charge on any atom is 0.216 e. The van der Waals surface area contributed by atoms with Gasteiger partial charge in [-0.05, 0) is 24.1 Å². The standard InChI is InChI=1S/C13H20ClO2Si/c1-15-9-10-16-17(11-5-8-14)12-13-6-3-2-4-7-13/h2-4,6-7H,5,8-12H2,1H3. The van der Waals surface area contributed by atoms with Gasteiger partial charge in [0.2, 0.25) is 9.04 Å². The lowest BCUT2D eigenvalue weighted by atomic mass is 10.2. The third-order valence-corrected chi connectivity index (χ3v) is 5.02. The number of ether oxygens (including phenoxy) is 1. The number of halogens is 1. The predicted molar refractivity (Wildman–Crippen MR) is 73.9 cm³/mol. The monoisotopic (exact) mass is 271 g/mol. The molecule has 1 rings (SSSR count). The van der Waals surface area contributed by atoms with E-state index in [0.717, 1.165) is 24.4 Å². The topological polar surface area (TPSA) is 18.5 Å². The van der Waals surface area contributed by atoms with Gasteiger partial charge in [-0.25, -0.2) is 0 Å². The van der Waals surface area contributed by atoms with E-state index in [-0.39, 0.29) is 0 Å². The summed E-state index contributed by atoms with van der Waals surface area (Å²) >= 11 is 5.75. The summed E-state index contributed by atoms with van der Waals surface area (Å²) < 4.78 is 10.9. The summed E-state index contributed by atoms with van der Waals surface area (Å²) in [6.07, 6.45) is 1.04. The molecular weight excluding hydrogens is 252 g/mol. The Balaban J connectivity index is 2.39. The maximum absolute atomic E-state index is 5.91. The van der Waals surface area contributed by atoms with Crippen molar-refractivity contribution in [2.75, 3.05) is 26.2 Å². The van der Waals surface area contributed by atoms with E-state index < -0.39 is 9.04 Å². The van der Waals surface area contributed by atoms with Crippen molar-refractivity contribution in [1.82, 2.24) is 0 Å². The highest BCUT2D eigenvalue weighted by Gasteiger charge is 2.13. The number of alkyl halides is 1. The van der Waals surface area contributed by atoms with Gasteiger partial charge >= 0.3 is 0 Å². The number of benzene rings is 1. The zero-order chi connectivity index (χ0) is 12.3. The summed E-state index contributed by atoms with van der Waals surface area (Å²) in [4.78, 5) is 0. The second-order valence-corrected chi connectivity index (χ2v) is 6.43. The fourth-order valence-electron chi connectivity index (χ4n) is 1.57. The van der Waals surface area contributed by atoms with Crippen molar-refractivity contribution in [3.8, 4) is 0 Å². The van der Waals surface area contributed by atoms with Crippen LogP contribution >= 0.6 is 11.6 Å². The minimum absolute atomic E-state index is 0.670. The lowest BCUT2D eigenvalue weighted by Gasteiger charge is -2.14. The molecule has 0 aromatic heterocycles.